The number of carbonyl (C=O) groups excluding carboxylic acids is 2. The maximum atomic E-state index is 12.7. The summed E-state index contributed by atoms with van der Waals surface area (Å²) in [4.78, 5) is 35.1. The Bertz CT molecular complexity index is 894. The molecule has 2 amide bonds. The summed E-state index contributed by atoms with van der Waals surface area (Å²) in [5.41, 5.74) is -0.680. The first-order valence-corrected chi connectivity index (χ1v) is 12.8. The average Bonchev–Trinajstić information content (AvgIpc) is 2.99. The van der Waals surface area contributed by atoms with E-state index in [1.807, 2.05) is 27.7 Å². The fourth-order valence-corrected chi connectivity index (χ4v) is 4.08. The minimum atomic E-state index is -0.628. The highest BCUT2D eigenvalue weighted by Gasteiger charge is 2.52. The predicted octanol–water partition coefficient (Wildman–Crippen LogP) is 2.70. The van der Waals surface area contributed by atoms with E-state index in [1.165, 1.54) is 0 Å². The minimum absolute atomic E-state index is 0.0916. The van der Waals surface area contributed by atoms with Crippen LogP contribution in [-0.2, 0) is 18.8 Å². The molecular formula is C25H41BN4O6. The van der Waals surface area contributed by atoms with Gasteiger partial charge in [0, 0.05) is 30.9 Å². The zero-order valence-corrected chi connectivity index (χ0v) is 22.9. The van der Waals surface area contributed by atoms with Crippen LogP contribution in [0.25, 0.3) is 0 Å². The molecule has 200 valence electrons. The zero-order chi connectivity index (χ0) is 26.7. The summed E-state index contributed by atoms with van der Waals surface area (Å²) >= 11 is 0. The molecule has 1 atom stereocenters. The van der Waals surface area contributed by atoms with Crippen LogP contribution in [0.4, 0.5) is 4.79 Å². The zero-order valence-electron chi connectivity index (χ0n) is 22.9. The summed E-state index contributed by atoms with van der Waals surface area (Å²) in [5, 5.41) is 2.62. The van der Waals surface area contributed by atoms with Gasteiger partial charge in [-0.1, -0.05) is 0 Å². The quantitative estimate of drug-likeness (QED) is 0.565. The number of hydrogen-bond acceptors (Lipinski definition) is 8. The van der Waals surface area contributed by atoms with Crippen LogP contribution in [0.1, 0.15) is 74.7 Å². The Kier molecular flexibility index (Phi) is 8.55. The number of piperidine rings is 1. The van der Waals surface area contributed by atoms with Crippen molar-refractivity contribution in [1.29, 1.82) is 0 Å². The van der Waals surface area contributed by atoms with Gasteiger partial charge in [0.05, 0.1) is 17.8 Å². The smallest absolute Gasteiger partial charge is 0.463 e. The third-order valence-electron chi connectivity index (χ3n) is 6.96. The van der Waals surface area contributed by atoms with E-state index in [1.54, 1.807) is 45.0 Å². The molecule has 11 heteroatoms. The van der Waals surface area contributed by atoms with Crippen molar-refractivity contribution in [2.45, 2.75) is 97.5 Å². The molecule has 1 aromatic heterocycles. The molecule has 0 saturated carbocycles. The highest BCUT2D eigenvalue weighted by atomic mass is 16.7. The average molecular weight is 504 g/mol. The van der Waals surface area contributed by atoms with Crippen molar-refractivity contribution >= 4 is 24.6 Å². The molecule has 1 aromatic rings. The number of nitrogens with one attached hydrogen (secondary N) is 1. The van der Waals surface area contributed by atoms with Crippen LogP contribution in [0.2, 0.25) is 0 Å². The van der Waals surface area contributed by atoms with E-state index >= 15 is 0 Å². The highest BCUT2D eigenvalue weighted by molar-refractivity contribution is 6.61. The summed E-state index contributed by atoms with van der Waals surface area (Å²) in [6, 6.07) is -0.304. The lowest BCUT2D eigenvalue weighted by Gasteiger charge is -2.33. The Morgan fingerprint density at radius 3 is 2.22 bits per heavy atom. The molecule has 10 nitrogen and oxygen atoms in total. The molecule has 0 spiro atoms. The van der Waals surface area contributed by atoms with E-state index in [4.69, 9.17) is 18.8 Å². The minimum Gasteiger partial charge on any atom is -0.463 e. The maximum absolute atomic E-state index is 12.7. The molecule has 3 rings (SSSR count). The highest BCUT2D eigenvalue weighted by Crippen LogP contribution is 2.36. The Labute approximate surface area is 215 Å². The van der Waals surface area contributed by atoms with Gasteiger partial charge in [-0.15, -0.1) is 0 Å². The molecule has 1 N–H and O–H groups in total. The van der Waals surface area contributed by atoms with Crippen LogP contribution in [-0.4, -0.2) is 76.5 Å². The van der Waals surface area contributed by atoms with E-state index < -0.39 is 36.1 Å². The number of likely N-dealkylation sites (tertiary alicyclic amines) is 1. The number of nitrogens with zero attached hydrogens (tertiary/aromatic N) is 3. The fourth-order valence-electron chi connectivity index (χ4n) is 4.08. The first-order valence-electron chi connectivity index (χ1n) is 12.8. The normalized spacial score (nSPS) is 20.7. The predicted molar refractivity (Wildman–Crippen MR) is 136 cm³/mol. The molecule has 2 saturated heterocycles. The molecule has 0 aliphatic carbocycles. The number of ether oxygens (including phenoxy) is 2. The molecule has 1 unspecified atom stereocenters. The van der Waals surface area contributed by atoms with Crippen LogP contribution in [0.15, 0.2) is 12.4 Å². The summed E-state index contributed by atoms with van der Waals surface area (Å²) in [5.74, 6) is 0.359. The van der Waals surface area contributed by atoms with Crippen molar-refractivity contribution in [2.75, 3.05) is 19.7 Å². The number of hydrogen-bond donors (Lipinski definition) is 1. The molecule has 0 aromatic carbocycles. The Balaban J connectivity index is 1.37. The van der Waals surface area contributed by atoms with E-state index in [2.05, 4.69) is 15.3 Å². The van der Waals surface area contributed by atoms with Crippen molar-refractivity contribution in [2.24, 2.45) is 5.92 Å². The second-order valence-electron chi connectivity index (χ2n) is 11.7. The third kappa shape index (κ3) is 7.32. The van der Waals surface area contributed by atoms with Crippen molar-refractivity contribution in [3.63, 3.8) is 0 Å². The first-order chi connectivity index (χ1) is 16.7. The van der Waals surface area contributed by atoms with Crippen LogP contribution in [0.5, 0.6) is 6.01 Å². The monoisotopic (exact) mass is 504 g/mol. The Morgan fingerprint density at radius 2 is 1.69 bits per heavy atom. The standard InChI is InChI=1S/C25H41BN4O6/c1-17(29-22(32)34-23(2,3)4)20(31)30-12-9-18(10-13-30)11-14-33-21-27-15-19(16-28-21)26-35-24(5,6)25(7,8)36-26/h15-18H,9-14H2,1-8H3,(H,29,32). The summed E-state index contributed by atoms with van der Waals surface area (Å²) in [6.07, 6.45) is 5.41. The van der Waals surface area contributed by atoms with Crippen molar-refractivity contribution in [3.05, 3.63) is 12.4 Å². The van der Waals surface area contributed by atoms with E-state index in [0.717, 1.165) is 24.7 Å². The number of aromatic nitrogens is 2. The van der Waals surface area contributed by atoms with Gasteiger partial charge in [-0.2, -0.15) is 0 Å². The van der Waals surface area contributed by atoms with Gasteiger partial charge in [0.2, 0.25) is 5.91 Å². The molecular weight excluding hydrogens is 463 g/mol. The molecule has 0 radical (unpaired) electrons. The van der Waals surface area contributed by atoms with Crippen LogP contribution in [0.3, 0.4) is 0 Å². The van der Waals surface area contributed by atoms with Crippen LogP contribution < -0.4 is 15.5 Å². The third-order valence-corrected chi connectivity index (χ3v) is 6.96. The van der Waals surface area contributed by atoms with Gasteiger partial charge in [-0.05, 0) is 80.6 Å². The van der Waals surface area contributed by atoms with Gasteiger partial charge in [0.25, 0.3) is 0 Å². The van der Waals surface area contributed by atoms with Gasteiger partial charge in [0.15, 0.2) is 0 Å². The largest absolute Gasteiger partial charge is 0.498 e. The fraction of sp³-hybridized carbons (Fsp3) is 0.760. The van der Waals surface area contributed by atoms with Crippen LogP contribution >= 0.6 is 0 Å². The van der Waals surface area contributed by atoms with E-state index in [9.17, 15) is 9.59 Å². The van der Waals surface area contributed by atoms with Gasteiger partial charge >= 0.3 is 19.2 Å². The van der Waals surface area contributed by atoms with Crippen molar-refractivity contribution < 1.29 is 28.4 Å². The summed E-state index contributed by atoms with van der Waals surface area (Å²) in [7, 11) is -0.501. The van der Waals surface area contributed by atoms with E-state index in [-0.39, 0.29) is 5.91 Å². The SMILES string of the molecule is CC(NC(=O)OC(C)(C)C)C(=O)N1CCC(CCOc2ncc(B3OC(C)(C)C(C)(C)O3)cn2)CC1. The molecule has 36 heavy (non-hydrogen) atoms. The first kappa shape index (κ1) is 28.2. The molecule has 2 fully saturated rings. The number of alkyl carbamates (subject to hydrolysis) is 1. The Hall–Kier alpha value is -2.40. The van der Waals surface area contributed by atoms with Gasteiger partial charge in [0.1, 0.15) is 11.6 Å². The lowest BCUT2D eigenvalue weighted by molar-refractivity contribution is -0.134. The molecule has 0 bridgehead atoms. The van der Waals surface area contributed by atoms with Crippen molar-refractivity contribution in [3.8, 4) is 6.01 Å². The van der Waals surface area contributed by atoms with Gasteiger partial charge in [-0.25, -0.2) is 14.8 Å². The second kappa shape index (κ2) is 10.9. The molecule has 3 heterocycles. The number of amides is 2. The number of carbonyl (C=O) groups is 2. The van der Waals surface area contributed by atoms with E-state index in [0.29, 0.717) is 31.6 Å². The lowest BCUT2D eigenvalue weighted by Crippen LogP contribution is -2.50. The molecule has 2 aliphatic rings. The summed E-state index contributed by atoms with van der Waals surface area (Å²) < 4.78 is 23.1. The Morgan fingerprint density at radius 1 is 1.14 bits per heavy atom. The van der Waals surface area contributed by atoms with Gasteiger partial charge in [-0.3, -0.25) is 4.79 Å². The van der Waals surface area contributed by atoms with Gasteiger partial charge < -0.3 is 29.0 Å². The summed E-state index contributed by atoms with van der Waals surface area (Å²) in [6.45, 7) is 16.9. The second-order valence-corrected chi connectivity index (χ2v) is 11.7. The lowest BCUT2D eigenvalue weighted by atomic mass is 9.81. The topological polar surface area (TPSA) is 112 Å². The maximum Gasteiger partial charge on any atom is 0.498 e. The number of rotatable bonds is 7. The molecule has 2 aliphatic heterocycles. The van der Waals surface area contributed by atoms with Crippen molar-refractivity contribution in [1.82, 2.24) is 20.2 Å². The van der Waals surface area contributed by atoms with Crippen LogP contribution in [0, 0.1) is 5.92 Å².